The van der Waals surface area contributed by atoms with Crippen molar-refractivity contribution in [3.05, 3.63) is 95.9 Å². The molecule has 0 unspecified atom stereocenters. The molecule has 2 amide bonds. The number of amides is 2. The number of rotatable bonds is 8. The lowest BCUT2D eigenvalue weighted by atomic mass is 10.0. The summed E-state index contributed by atoms with van der Waals surface area (Å²) in [6.45, 7) is 5.04. The molecule has 1 heterocycles. The normalized spacial score (nSPS) is 13.6. The Bertz CT molecular complexity index is 1170. The Morgan fingerprint density at radius 3 is 2.12 bits per heavy atom. The van der Waals surface area contributed by atoms with Gasteiger partial charge in [-0.25, -0.2) is 9.29 Å². The van der Waals surface area contributed by atoms with Gasteiger partial charge in [-0.3, -0.25) is 9.59 Å². The van der Waals surface area contributed by atoms with Crippen LogP contribution >= 0.6 is 0 Å². The van der Waals surface area contributed by atoms with Gasteiger partial charge in [0.05, 0.1) is 17.9 Å². The zero-order chi connectivity index (χ0) is 23.4. The van der Waals surface area contributed by atoms with E-state index in [1.165, 1.54) is 24.3 Å². The second-order valence-electron chi connectivity index (χ2n) is 7.60. The Labute approximate surface area is 192 Å². The number of ether oxygens (including phenoxy) is 1. The molecule has 33 heavy (non-hydrogen) atoms. The van der Waals surface area contributed by atoms with Gasteiger partial charge in [0, 0.05) is 12.2 Å². The van der Waals surface area contributed by atoms with Crippen LogP contribution in [0.5, 0.6) is 5.75 Å². The third-order valence-electron chi connectivity index (χ3n) is 5.41. The van der Waals surface area contributed by atoms with Crippen molar-refractivity contribution in [3.8, 4) is 5.75 Å². The lowest BCUT2D eigenvalue weighted by molar-refractivity contribution is -0.120. The molecule has 6 heteroatoms. The summed E-state index contributed by atoms with van der Waals surface area (Å²) in [5.74, 6) is -0.629. The Balaban J connectivity index is 1.83. The van der Waals surface area contributed by atoms with Crippen molar-refractivity contribution < 1.29 is 18.7 Å². The van der Waals surface area contributed by atoms with E-state index in [-0.39, 0.29) is 0 Å². The van der Waals surface area contributed by atoms with Gasteiger partial charge in [-0.05, 0) is 67.4 Å². The number of anilines is 2. The predicted molar refractivity (Wildman–Crippen MR) is 128 cm³/mol. The number of nitrogens with zero attached hydrogens (tertiary/aromatic N) is 2. The number of halogens is 1. The zero-order valence-corrected chi connectivity index (χ0v) is 18.6. The fraction of sp³-hybridized carbons (Fsp3) is 0.185. The highest BCUT2D eigenvalue weighted by Gasteiger charge is 2.42. The van der Waals surface area contributed by atoms with E-state index in [1.54, 1.807) is 24.3 Å². The zero-order valence-electron chi connectivity index (χ0n) is 18.6. The molecule has 0 aromatic heterocycles. The molecule has 3 aromatic carbocycles. The summed E-state index contributed by atoms with van der Waals surface area (Å²) < 4.78 is 19.2. The summed E-state index contributed by atoms with van der Waals surface area (Å²) in [5, 5.41) is 0. The first-order valence-electron chi connectivity index (χ1n) is 11.0. The molecule has 5 nitrogen and oxygen atoms in total. The minimum atomic E-state index is -0.446. The molecular formula is C27H25FN2O3. The standard InChI is InChI=1S/C27H25FN2O3/c1-3-18-33-23-16-10-19(11-17-23)24-25(29(4-2)21-8-6-5-7-9-21)27(32)30(26(24)31)22-14-12-20(28)13-15-22/h5-17H,3-4,18H2,1-2H3. The highest BCUT2D eigenvalue weighted by Crippen LogP contribution is 2.37. The molecule has 0 spiro atoms. The number of hydrogen-bond donors (Lipinski definition) is 0. The SMILES string of the molecule is CCCOc1ccc(C2=C(N(CC)c3ccccc3)C(=O)N(c3ccc(F)cc3)C2=O)cc1. The van der Waals surface area contributed by atoms with E-state index < -0.39 is 17.6 Å². The van der Waals surface area contributed by atoms with Crippen molar-refractivity contribution in [1.29, 1.82) is 0 Å². The number of hydrogen-bond acceptors (Lipinski definition) is 4. The van der Waals surface area contributed by atoms with E-state index >= 15 is 0 Å². The van der Waals surface area contributed by atoms with Gasteiger partial charge < -0.3 is 9.64 Å². The molecule has 0 radical (unpaired) electrons. The second kappa shape index (κ2) is 9.69. The first-order chi connectivity index (χ1) is 16.0. The first-order valence-corrected chi connectivity index (χ1v) is 11.0. The summed E-state index contributed by atoms with van der Waals surface area (Å²) in [5.41, 5.74) is 2.34. The molecule has 1 aliphatic heterocycles. The molecule has 0 atom stereocenters. The van der Waals surface area contributed by atoms with Crippen molar-refractivity contribution >= 4 is 28.8 Å². The van der Waals surface area contributed by atoms with Crippen LogP contribution < -0.4 is 14.5 Å². The fourth-order valence-electron chi connectivity index (χ4n) is 3.87. The van der Waals surface area contributed by atoms with E-state index in [9.17, 15) is 14.0 Å². The van der Waals surface area contributed by atoms with Gasteiger partial charge in [0.2, 0.25) is 0 Å². The highest BCUT2D eigenvalue weighted by molar-refractivity contribution is 6.46. The van der Waals surface area contributed by atoms with Gasteiger partial charge in [-0.15, -0.1) is 0 Å². The fourth-order valence-corrected chi connectivity index (χ4v) is 3.87. The quantitative estimate of drug-likeness (QED) is 0.435. The number of benzene rings is 3. The van der Waals surface area contributed by atoms with Crippen molar-refractivity contribution in [2.45, 2.75) is 20.3 Å². The van der Waals surface area contributed by atoms with Crippen molar-refractivity contribution in [3.63, 3.8) is 0 Å². The van der Waals surface area contributed by atoms with E-state index in [0.717, 1.165) is 17.0 Å². The van der Waals surface area contributed by atoms with E-state index in [4.69, 9.17) is 4.74 Å². The van der Waals surface area contributed by atoms with Gasteiger partial charge in [-0.1, -0.05) is 37.3 Å². The molecular weight excluding hydrogens is 419 g/mol. The Kier molecular flexibility index (Phi) is 6.54. The number of carbonyl (C=O) groups is 2. The molecule has 0 fully saturated rings. The molecule has 0 N–H and O–H groups in total. The molecule has 0 saturated heterocycles. The molecule has 0 bridgehead atoms. The van der Waals surface area contributed by atoms with Gasteiger partial charge in [-0.2, -0.15) is 0 Å². The van der Waals surface area contributed by atoms with Crippen LogP contribution in [-0.4, -0.2) is 25.0 Å². The Morgan fingerprint density at radius 1 is 0.848 bits per heavy atom. The summed E-state index contributed by atoms with van der Waals surface area (Å²) in [4.78, 5) is 30.2. The van der Waals surface area contributed by atoms with Crippen LogP contribution in [0.3, 0.4) is 0 Å². The number of carbonyl (C=O) groups excluding carboxylic acids is 2. The van der Waals surface area contributed by atoms with Gasteiger partial charge in [0.15, 0.2) is 0 Å². The third kappa shape index (κ3) is 4.37. The lowest BCUT2D eigenvalue weighted by Gasteiger charge is -2.25. The van der Waals surface area contributed by atoms with Crippen LogP contribution in [0, 0.1) is 5.82 Å². The predicted octanol–water partition coefficient (Wildman–Crippen LogP) is 5.43. The van der Waals surface area contributed by atoms with E-state index in [1.807, 2.05) is 49.1 Å². The van der Waals surface area contributed by atoms with Crippen LogP contribution in [0.2, 0.25) is 0 Å². The molecule has 0 aliphatic carbocycles. The number of para-hydroxylation sites is 1. The lowest BCUT2D eigenvalue weighted by Crippen LogP contribution is -2.35. The van der Waals surface area contributed by atoms with Crippen LogP contribution in [0.15, 0.2) is 84.6 Å². The average Bonchev–Trinajstić information content (AvgIpc) is 3.10. The first kappa shape index (κ1) is 22.3. The Morgan fingerprint density at radius 2 is 1.52 bits per heavy atom. The van der Waals surface area contributed by atoms with Crippen molar-refractivity contribution in [2.24, 2.45) is 0 Å². The van der Waals surface area contributed by atoms with Gasteiger partial charge >= 0.3 is 0 Å². The molecule has 4 rings (SSSR count). The maximum Gasteiger partial charge on any atom is 0.282 e. The summed E-state index contributed by atoms with van der Waals surface area (Å²) >= 11 is 0. The number of likely N-dealkylation sites (N-methyl/N-ethyl adjacent to an activating group) is 1. The highest BCUT2D eigenvalue weighted by atomic mass is 19.1. The van der Waals surface area contributed by atoms with Crippen LogP contribution in [0.25, 0.3) is 5.57 Å². The molecule has 0 saturated carbocycles. The monoisotopic (exact) mass is 444 g/mol. The van der Waals surface area contributed by atoms with Gasteiger partial charge in [0.25, 0.3) is 11.8 Å². The van der Waals surface area contributed by atoms with Crippen molar-refractivity contribution in [2.75, 3.05) is 23.0 Å². The largest absolute Gasteiger partial charge is 0.494 e. The maximum absolute atomic E-state index is 13.7. The smallest absolute Gasteiger partial charge is 0.282 e. The number of imide groups is 1. The summed E-state index contributed by atoms with van der Waals surface area (Å²) in [6.07, 6.45) is 0.888. The Hall–Kier alpha value is -3.93. The molecule has 168 valence electrons. The summed E-state index contributed by atoms with van der Waals surface area (Å²) in [6, 6.07) is 22.0. The summed E-state index contributed by atoms with van der Waals surface area (Å²) in [7, 11) is 0. The van der Waals surface area contributed by atoms with Crippen LogP contribution in [-0.2, 0) is 9.59 Å². The molecule has 1 aliphatic rings. The second-order valence-corrected chi connectivity index (χ2v) is 7.60. The topological polar surface area (TPSA) is 49.9 Å². The van der Waals surface area contributed by atoms with Gasteiger partial charge in [0.1, 0.15) is 17.3 Å². The molecule has 3 aromatic rings. The van der Waals surface area contributed by atoms with E-state index in [2.05, 4.69) is 0 Å². The van der Waals surface area contributed by atoms with Crippen LogP contribution in [0.4, 0.5) is 15.8 Å². The average molecular weight is 445 g/mol. The van der Waals surface area contributed by atoms with E-state index in [0.29, 0.717) is 41.4 Å². The minimum absolute atomic E-state index is 0.292. The maximum atomic E-state index is 13.7. The van der Waals surface area contributed by atoms with Crippen molar-refractivity contribution in [1.82, 2.24) is 0 Å². The third-order valence-corrected chi connectivity index (χ3v) is 5.41. The minimum Gasteiger partial charge on any atom is -0.494 e. The van der Waals surface area contributed by atoms with Crippen LogP contribution in [0.1, 0.15) is 25.8 Å².